The molecule has 1 aromatic heterocycles. The molecule has 1 heterocycles. The minimum atomic E-state index is -0.468. The number of nitro benzene ring substituents is 1. The van der Waals surface area contributed by atoms with E-state index in [0.717, 1.165) is 5.39 Å². The van der Waals surface area contributed by atoms with Crippen molar-refractivity contribution in [3.05, 3.63) is 68.9 Å². The van der Waals surface area contributed by atoms with Crippen LogP contribution in [0.25, 0.3) is 11.0 Å². The summed E-state index contributed by atoms with van der Waals surface area (Å²) in [6.45, 7) is 1.61. The highest BCUT2D eigenvalue weighted by molar-refractivity contribution is 6.31. The molecule has 3 aromatic rings. The Morgan fingerprint density at radius 1 is 1.22 bits per heavy atom. The summed E-state index contributed by atoms with van der Waals surface area (Å²) in [6.07, 6.45) is 0. The van der Waals surface area contributed by atoms with Gasteiger partial charge in [0.15, 0.2) is 5.76 Å². The van der Waals surface area contributed by atoms with Gasteiger partial charge in [0.25, 0.3) is 11.6 Å². The molecule has 0 spiro atoms. The number of nitrogens with one attached hydrogen (secondary N) is 1. The van der Waals surface area contributed by atoms with Gasteiger partial charge in [-0.1, -0.05) is 11.6 Å². The molecule has 0 radical (unpaired) electrons. The molecule has 0 saturated heterocycles. The zero-order valence-corrected chi connectivity index (χ0v) is 12.8. The first kappa shape index (κ1) is 15.1. The van der Waals surface area contributed by atoms with Crippen LogP contribution in [0.1, 0.15) is 16.1 Å². The van der Waals surface area contributed by atoms with Gasteiger partial charge in [0.2, 0.25) is 0 Å². The lowest BCUT2D eigenvalue weighted by Gasteiger charge is -2.04. The van der Waals surface area contributed by atoms with Crippen LogP contribution >= 0.6 is 11.6 Å². The smallest absolute Gasteiger partial charge is 0.291 e. The number of halogens is 1. The Bertz CT molecular complexity index is 933. The molecule has 116 valence electrons. The van der Waals surface area contributed by atoms with E-state index in [1.54, 1.807) is 31.2 Å². The summed E-state index contributed by atoms with van der Waals surface area (Å²) >= 11 is 5.90. The third-order valence-electron chi connectivity index (χ3n) is 3.35. The van der Waals surface area contributed by atoms with E-state index >= 15 is 0 Å². The number of anilines is 1. The van der Waals surface area contributed by atoms with Crippen LogP contribution in [0.15, 0.2) is 46.9 Å². The van der Waals surface area contributed by atoms with Crippen molar-refractivity contribution in [3.63, 3.8) is 0 Å². The fourth-order valence-corrected chi connectivity index (χ4v) is 2.44. The van der Waals surface area contributed by atoms with Gasteiger partial charge in [0.1, 0.15) is 5.58 Å². The van der Waals surface area contributed by atoms with E-state index in [2.05, 4.69) is 5.32 Å². The van der Waals surface area contributed by atoms with Crippen molar-refractivity contribution in [1.29, 1.82) is 0 Å². The fourth-order valence-electron chi connectivity index (χ4n) is 2.26. The van der Waals surface area contributed by atoms with Crippen molar-refractivity contribution in [2.75, 3.05) is 5.32 Å². The Kier molecular flexibility index (Phi) is 3.75. The molecule has 3 rings (SSSR count). The van der Waals surface area contributed by atoms with Gasteiger partial charge >= 0.3 is 0 Å². The maximum atomic E-state index is 12.2. The topological polar surface area (TPSA) is 85.4 Å². The standard InChI is InChI=1S/C16H11ClN2O4/c1-9-6-12(3-4-13(9)19(21)22)18-16(20)15-8-10-7-11(17)2-5-14(10)23-15/h2-8H,1H3,(H,18,20). The lowest BCUT2D eigenvalue weighted by Crippen LogP contribution is -2.11. The molecule has 0 aliphatic carbocycles. The van der Waals surface area contributed by atoms with Gasteiger partial charge in [-0.15, -0.1) is 0 Å². The van der Waals surface area contributed by atoms with Crippen molar-refractivity contribution >= 4 is 39.9 Å². The van der Waals surface area contributed by atoms with Crippen LogP contribution in [-0.4, -0.2) is 10.8 Å². The number of rotatable bonds is 3. The molecular formula is C16H11ClN2O4. The van der Waals surface area contributed by atoms with Crippen LogP contribution in [0.5, 0.6) is 0 Å². The Labute approximate surface area is 135 Å². The number of amides is 1. The minimum absolute atomic E-state index is 0.00128. The summed E-state index contributed by atoms with van der Waals surface area (Å²) < 4.78 is 5.47. The van der Waals surface area contributed by atoms with Gasteiger partial charge in [-0.3, -0.25) is 14.9 Å². The minimum Gasteiger partial charge on any atom is -0.451 e. The number of hydrogen-bond acceptors (Lipinski definition) is 4. The summed E-state index contributed by atoms with van der Waals surface area (Å²) in [6, 6.07) is 11.0. The maximum absolute atomic E-state index is 12.2. The van der Waals surface area contributed by atoms with Crippen molar-refractivity contribution in [1.82, 2.24) is 0 Å². The number of nitro groups is 1. The van der Waals surface area contributed by atoms with Gasteiger partial charge in [0.05, 0.1) is 4.92 Å². The van der Waals surface area contributed by atoms with Crippen LogP contribution in [0.3, 0.4) is 0 Å². The molecule has 0 saturated carbocycles. The molecule has 0 aliphatic heterocycles. The number of carbonyl (C=O) groups excluding carboxylic acids is 1. The Morgan fingerprint density at radius 2 is 2.00 bits per heavy atom. The number of furan rings is 1. The largest absolute Gasteiger partial charge is 0.451 e. The van der Waals surface area contributed by atoms with E-state index in [-0.39, 0.29) is 11.4 Å². The number of carbonyl (C=O) groups is 1. The SMILES string of the molecule is Cc1cc(NC(=O)c2cc3cc(Cl)ccc3o2)ccc1[N+](=O)[O-]. The van der Waals surface area contributed by atoms with Gasteiger partial charge < -0.3 is 9.73 Å². The van der Waals surface area contributed by atoms with Crippen LogP contribution in [0.4, 0.5) is 11.4 Å². The third-order valence-corrected chi connectivity index (χ3v) is 3.59. The van der Waals surface area contributed by atoms with Gasteiger partial charge in [-0.05, 0) is 43.3 Å². The monoisotopic (exact) mass is 330 g/mol. The highest BCUT2D eigenvalue weighted by Gasteiger charge is 2.15. The fraction of sp³-hybridized carbons (Fsp3) is 0.0625. The number of hydrogen-bond donors (Lipinski definition) is 1. The summed E-state index contributed by atoms with van der Waals surface area (Å²) in [5.41, 5.74) is 1.47. The van der Waals surface area contributed by atoms with Crippen molar-refractivity contribution in [3.8, 4) is 0 Å². The lowest BCUT2D eigenvalue weighted by atomic mass is 10.2. The summed E-state index contributed by atoms with van der Waals surface area (Å²) in [5, 5.41) is 14.7. The predicted octanol–water partition coefficient (Wildman–Crippen LogP) is 4.56. The Balaban J connectivity index is 1.85. The molecule has 0 fully saturated rings. The van der Waals surface area contributed by atoms with Crippen LogP contribution in [0.2, 0.25) is 5.02 Å². The third kappa shape index (κ3) is 3.02. The van der Waals surface area contributed by atoms with E-state index in [9.17, 15) is 14.9 Å². The highest BCUT2D eigenvalue weighted by atomic mass is 35.5. The quantitative estimate of drug-likeness (QED) is 0.563. The number of benzene rings is 2. The van der Waals surface area contributed by atoms with E-state index in [4.69, 9.17) is 16.0 Å². The second kappa shape index (κ2) is 5.73. The molecule has 1 N–H and O–H groups in total. The second-order valence-electron chi connectivity index (χ2n) is 5.01. The van der Waals surface area contributed by atoms with Gasteiger partial charge in [0, 0.05) is 27.7 Å². The van der Waals surface area contributed by atoms with Crippen LogP contribution in [0, 0.1) is 17.0 Å². The molecular weight excluding hydrogens is 320 g/mol. The molecule has 2 aromatic carbocycles. The van der Waals surface area contributed by atoms with Crippen molar-refractivity contribution in [2.45, 2.75) is 6.92 Å². The molecule has 0 unspecified atom stereocenters. The predicted molar refractivity (Wildman–Crippen MR) is 87.0 cm³/mol. The number of nitrogens with zero attached hydrogens (tertiary/aromatic N) is 1. The Hall–Kier alpha value is -2.86. The molecule has 0 aliphatic rings. The first-order valence-electron chi connectivity index (χ1n) is 6.69. The van der Waals surface area contributed by atoms with Gasteiger partial charge in [-0.2, -0.15) is 0 Å². The first-order chi connectivity index (χ1) is 10.9. The highest BCUT2D eigenvalue weighted by Crippen LogP contribution is 2.25. The average molecular weight is 331 g/mol. The summed E-state index contributed by atoms with van der Waals surface area (Å²) in [4.78, 5) is 22.6. The van der Waals surface area contributed by atoms with Crippen LogP contribution < -0.4 is 5.32 Å². The Morgan fingerprint density at radius 3 is 2.70 bits per heavy atom. The number of fused-ring (bicyclic) bond motifs is 1. The van der Waals surface area contributed by atoms with E-state index in [0.29, 0.717) is 21.9 Å². The zero-order valence-electron chi connectivity index (χ0n) is 12.0. The number of aryl methyl sites for hydroxylation is 1. The molecule has 0 atom stereocenters. The molecule has 1 amide bonds. The van der Waals surface area contributed by atoms with E-state index in [1.165, 1.54) is 18.2 Å². The van der Waals surface area contributed by atoms with E-state index in [1.807, 2.05) is 0 Å². The van der Waals surface area contributed by atoms with E-state index < -0.39 is 10.8 Å². The average Bonchev–Trinajstić information content (AvgIpc) is 2.90. The summed E-state index contributed by atoms with van der Waals surface area (Å²) in [7, 11) is 0. The second-order valence-corrected chi connectivity index (χ2v) is 5.44. The van der Waals surface area contributed by atoms with Crippen LogP contribution in [-0.2, 0) is 0 Å². The van der Waals surface area contributed by atoms with Crippen molar-refractivity contribution < 1.29 is 14.1 Å². The first-order valence-corrected chi connectivity index (χ1v) is 7.07. The zero-order chi connectivity index (χ0) is 16.6. The molecule has 23 heavy (non-hydrogen) atoms. The maximum Gasteiger partial charge on any atom is 0.291 e. The van der Waals surface area contributed by atoms with Gasteiger partial charge in [-0.25, -0.2) is 0 Å². The normalized spacial score (nSPS) is 10.7. The molecule has 7 heteroatoms. The summed E-state index contributed by atoms with van der Waals surface area (Å²) in [5.74, 6) is -0.302. The lowest BCUT2D eigenvalue weighted by molar-refractivity contribution is -0.385. The van der Waals surface area contributed by atoms with Crippen molar-refractivity contribution in [2.24, 2.45) is 0 Å². The molecule has 0 bridgehead atoms. The molecule has 6 nitrogen and oxygen atoms in total.